The van der Waals surface area contributed by atoms with Gasteiger partial charge in [0.2, 0.25) is 0 Å². The molecule has 2 aromatic rings. The maximum Gasteiger partial charge on any atom is 0.315 e. The highest BCUT2D eigenvalue weighted by Crippen LogP contribution is 2.26. The molecule has 23 heavy (non-hydrogen) atoms. The number of ether oxygens (including phenoxy) is 1. The molecule has 124 valence electrons. The summed E-state index contributed by atoms with van der Waals surface area (Å²) < 4.78 is 5.35. The molecular weight excluding hydrogens is 312 g/mol. The molecule has 0 bridgehead atoms. The Morgan fingerprint density at radius 3 is 2.74 bits per heavy atom. The van der Waals surface area contributed by atoms with Crippen molar-refractivity contribution in [3.05, 3.63) is 52.2 Å². The van der Waals surface area contributed by atoms with E-state index >= 15 is 0 Å². The van der Waals surface area contributed by atoms with Gasteiger partial charge in [-0.25, -0.2) is 4.79 Å². The average molecular weight is 334 g/mol. The molecule has 0 saturated heterocycles. The zero-order valence-corrected chi connectivity index (χ0v) is 14.1. The number of nitrogens with one attached hydrogen (secondary N) is 2. The second-order valence-corrected chi connectivity index (χ2v) is 6.07. The van der Waals surface area contributed by atoms with E-state index in [2.05, 4.69) is 10.6 Å². The summed E-state index contributed by atoms with van der Waals surface area (Å²) in [4.78, 5) is 12.9. The summed E-state index contributed by atoms with van der Waals surface area (Å²) in [5, 5.41) is 17.5. The fourth-order valence-corrected chi connectivity index (χ4v) is 3.05. The van der Waals surface area contributed by atoms with Gasteiger partial charge in [0.25, 0.3) is 0 Å². The minimum atomic E-state index is -0.688. The molecule has 1 aromatic carbocycles. The van der Waals surface area contributed by atoms with Gasteiger partial charge in [-0.15, -0.1) is 11.3 Å². The minimum Gasteiger partial charge on any atom is -0.496 e. The number of benzene rings is 1. The van der Waals surface area contributed by atoms with Crippen LogP contribution >= 0.6 is 11.3 Å². The normalized spacial score (nSPS) is 13.2. The van der Waals surface area contributed by atoms with Crippen LogP contribution in [0.1, 0.15) is 35.9 Å². The predicted octanol–water partition coefficient (Wildman–Crippen LogP) is 3.24. The van der Waals surface area contributed by atoms with Gasteiger partial charge < -0.3 is 20.5 Å². The standard InChI is InChI=1S/C17H22N2O3S/c1-3-13(12-7-4-5-8-15(12)22-2)19-17(21)18-11-14(20)16-9-6-10-23-16/h4-10,13-14,20H,3,11H2,1-2H3,(H2,18,19,21)/t13-,14-/m0/s1. The topological polar surface area (TPSA) is 70.6 Å². The van der Waals surface area contributed by atoms with E-state index in [1.165, 1.54) is 11.3 Å². The molecule has 0 unspecified atom stereocenters. The minimum absolute atomic E-state index is 0.148. The lowest BCUT2D eigenvalue weighted by molar-refractivity contribution is 0.175. The Kier molecular flexibility index (Phi) is 6.43. The van der Waals surface area contributed by atoms with Crippen molar-refractivity contribution < 1.29 is 14.6 Å². The molecule has 0 aliphatic rings. The number of urea groups is 1. The van der Waals surface area contributed by atoms with E-state index in [0.29, 0.717) is 0 Å². The van der Waals surface area contributed by atoms with Gasteiger partial charge >= 0.3 is 6.03 Å². The third kappa shape index (κ3) is 4.71. The molecule has 0 radical (unpaired) electrons. The lowest BCUT2D eigenvalue weighted by atomic mass is 10.0. The summed E-state index contributed by atoms with van der Waals surface area (Å²) in [6, 6.07) is 10.9. The first-order valence-electron chi connectivity index (χ1n) is 7.54. The van der Waals surface area contributed by atoms with Crippen molar-refractivity contribution in [2.24, 2.45) is 0 Å². The molecule has 2 amide bonds. The lowest BCUT2D eigenvalue weighted by Gasteiger charge is -2.20. The number of amides is 2. The van der Waals surface area contributed by atoms with Crippen molar-refractivity contribution in [2.75, 3.05) is 13.7 Å². The molecule has 2 atom stereocenters. The third-order valence-electron chi connectivity index (χ3n) is 3.56. The Balaban J connectivity index is 1.92. The number of methoxy groups -OCH3 is 1. The van der Waals surface area contributed by atoms with Crippen LogP contribution in [-0.4, -0.2) is 24.8 Å². The summed E-state index contributed by atoms with van der Waals surface area (Å²) in [5.74, 6) is 0.748. The molecule has 2 rings (SSSR count). The zero-order valence-electron chi connectivity index (χ0n) is 13.3. The Labute approximate surface area is 140 Å². The van der Waals surface area contributed by atoms with Gasteiger partial charge in [0.1, 0.15) is 11.9 Å². The van der Waals surface area contributed by atoms with Crippen molar-refractivity contribution in [3.8, 4) is 5.75 Å². The van der Waals surface area contributed by atoms with Crippen LogP contribution in [0.4, 0.5) is 4.79 Å². The second-order valence-electron chi connectivity index (χ2n) is 5.09. The number of hydrogen-bond acceptors (Lipinski definition) is 4. The summed E-state index contributed by atoms with van der Waals surface area (Å²) >= 11 is 1.46. The maximum atomic E-state index is 12.1. The van der Waals surface area contributed by atoms with Crippen LogP contribution in [0.5, 0.6) is 5.75 Å². The zero-order chi connectivity index (χ0) is 16.7. The highest BCUT2D eigenvalue weighted by molar-refractivity contribution is 7.10. The Bertz CT molecular complexity index is 616. The molecule has 1 heterocycles. The van der Waals surface area contributed by atoms with E-state index in [9.17, 15) is 9.90 Å². The molecule has 0 saturated carbocycles. The Hall–Kier alpha value is -2.05. The van der Waals surface area contributed by atoms with Crippen molar-refractivity contribution in [2.45, 2.75) is 25.5 Å². The first kappa shape index (κ1) is 17.3. The van der Waals surface area contributed by atoms with Crippen LogP contribution in [0.15, 0.2) is 41.8 Å². The molecule has 1 aromatic heterocycles. The number of aliphatic hydroxyl groups is 1. The van der Waals surface area contributed by atoms with E-state index in [-0.39, 0.29) is 18.6 Å². The van der Waals surface area contributed by atoms with Crippen LogP contribution < -0.4 is 15.4 Å². The monoisotopic (exact) mass is 334 g/mol. The van der Waals surface area contributed by atoms with E-state index in [0.717, 1.165) is 22.6 Å². The molecule has 0 aliphatic carbocycles. The number of carbonyl (C=O) groups is 1. The third-order valence-corrected chi connectivity index (χ3v) is 4.53. The van der Waals surface area contributed by atoms with E-state index in [4.69, 9.17) is 4.74 Å². The molecule has 5 nitrogen and oxygen atoms in total. The van der Waals surface area contributed by atoms with Crippen molar-refractivity contribution in [1.82, 2.24) is 10.6 Å². The van der Waals surface area contributed by atoms with Crippen molar-refractivity contribution in [3.63, 3.8) is 0 Å². The highest BCUT2D eigenvalue weighted by atomic mass is 32.1. The van der Waals surface area contributed by atoms with Gasteiger partial charge in [-0.1, -0.05) is 31.2 Å². The first-order valence-corrected chi connectivity index (χ1v) is 8.42. The second kappa shape index (κ2) is 8.55. The largest absolute Gasteiger partial charge is 0.496 e. The fraction of sp³-hybridized carbons (Fsp3) is 0.353. The lowest BCUT2D eigenvalue weighted by Crippen LogP contribution is -2.39. The number of carbonyl (C=O) groups excluding carboxylic acids is 1. The van der Waals surface area contributed by atoms with Crippen molar-refractivity contribution in [1.29, 1.82) is 0 Å². The van der Waals surface area contributed by atoms with Crippen molar-refractivity contribution >= 4 is 17.4 Å². The SMILES string of the molecule is CC[C@H](NC(=O)NC[C@H](O)c1cccs1)c1ccccc1OC. The summed E-state index contributed by atoms with van der Waals surface area (Å²) in [7, 11) is 1.61. The highest BCUT2D eigenvalue weighted by Gasteiger charge is 2.17. The number of thiophene rings is 1. The van der Waals surface area contributed by atoms with Crippen LogP contribution in [0.25, 0.3) is 0 Å². The van der Waals surface area contributed by atoms with Crippen LogP contribution in [-0.2, 0) is 0 Å². The average Bonchev–Trinajstić information content (AvgIpc) is 3.12. The van der Waals surface area contributed by atoms with Crippen LogP contribution in [0.3, 0.4) is 0 Å². The maximum absolute atomic E-state index is 12.1. The fourth-order valence-electron chi connectivity index (χ4n) is 2.33. The Morgan fingerprint density at radius 1 is 1.30 bits per heavy atom. The molecule has 6 heteroatoms. The van der Waals surface area contributed by atoms with Gasteiger partial charge in [0.15, 0.2) is 0 Å². The van der Waals surface area contributed by atoms with Crippen LogP contribution in [0, 0.1) is 0 Å². The molecule has 0 fully saturated rings. The van der Waals surface area contributed by atoms with Crippen LogP contribution in [0.2, 0.25) is 0 Å². The van der Waals surface area contributed by atoms with Gasteiger partial charge in [-0.05, 0) is 23.9 Å². The first-order chi connectivity index (χ1) is 11.2. The van der Waals surface area contributed by atoms with Gasteiger partial charge in [-0.2, -0.15) is 0 Å². The number of rotatable bonds is 7. The van der Waals surface area contributed by atoms with Gasteiger partial charge in [0.05, 0.1) is 19.7 Å². The molecule has 0 spiro atoms. The summed E-state index contributed by atoms with van der Waals surface area (Å²) in [5.41, 5.74) is 0.937. The smallest absolute Gasteiger partial charge is 0.315 e. The number of aliphatic hydroxyl groups excluding tert-OH is 1. The van der Waals surface area contributed by atoms with E-state index < -0.39 is 6.10 Å². The molecule has 0 aliphatic heterocycles. The number of hydrogen-bond donors (Lipinski definition) is 3. The predicted molar refractivity (Wildman–Crippen MR) is 91.8 cm³/mol. The van der Waals surface area contributed by atoms with Gasteiger partial charge in [-0.3, -0.25) is 0 Å². The Morgan fingerprint density at radius 2 is 2.09 bits per heavy atom. The molecule has 3 N–H and O–H groups in total. The van der Waals surface area contributed by atoms with E-state index in [1.54, 1.807) is 7.11 Å². The summed E-state index contributed by atoms with van der Waals surface area (Å²) in [6.45, 7) is 2.17. The number of para-hydroxylation sites is 1. The molecular formula is C17H22N2O3S. The van der Waals surface area contributed by atoms with Gasteiger partial charge in [0, 0.05) is 10.4 Å². The quantitative estimate of drug-likeness (QED) is 0.728. The summed E-state index contributed by atoms with van der Waals surface area (Å²) in [6.07, 6.45) is 0.0495. The van der Waals surface area contributed by atoms with E-state index in [1.807, 2.05) is 48.7 Å².